The van der Waals surface area contributed by atoms with Gasteiger partial charge in [-0.3, -0.25) is 4.79 Å². The third-order valence-electron chi connectivity index (χ3n) is 4.13. The molecule has 0 bridgehead atoms. The summed E-state index contributed by atoms with van der Waals surface area (Å²) in [5, 5.41) is 2.74. The number of nitrogens with one attached hydrogen (secondary N) is 1. The van der Waals surface area contributed by atoms with Crippen LogP contribution < -0.4 is 11.1 Å². The number of hydrogen-bond acceptors (Lipinski definition) is 2. The third-order valence-corrected chi connectivity index (χ3v) is 4.13. The molecule has 1 aliphatic carbocycles. The van der Waals surface area contributed by atoms with Crippen molar-refractivity contribution < 1.29 is 18.0 Å². The minimum atomic E-state index is -4.35. The van der Waals surface area contributed by atoms with Crippen molar-refractivity contribution in [3.05, 3.63) is 35.4 Å². The van der Waals surface area contributed by atoms with E-state index in [4.69, 9.17) is 5.73 Å². The number of carbonyl (C=O) groups excluding carboxylic acids is 1. The Kier molecular flexibility index (Phi) is 5.87. The number of halogens is 4. The molecule has 0 heterocycles. The molecule has 1 aromatic rings. The minimum absolute atomic E-state index is 0. The molecule has 0 aliphatic heterocycles. The molecule has 0 unspecified atom stereocenters. The van der Waals surface area contributed by atoms with E-state index in [1.807, 2.05) is 0 Å². The molecular formula is C15H20ClF3N2O. The SMILES string of the molecule is C[C@H](N)C(=O)NCC1(c2cccc(C(F)(F)F)c2)CCC1.Cl. The molecule has 0 spiro atoms. The van der Waals surface area contributed by atoms with Gasteiger partial charge in [0.1, 0.15) is 0 Å². The fourth-order valence-electron chi connectivity index (χ4n) is 2.61. The molecule has 2 rings (SSSR count). The Balaban J connectivity index is 0.00000242. The molecular weight excluding hydrogens is 317 g/mol. The van der Waals surface area contributed by atoms with E-state index in [9.17, 15) is 18.0 Å². The van der Waals surface area contributed by atoms with Crippen molar-refractivity contribution in [3.8, 4) is 0 Å². The van der Waals surface area contributed by atoms with Gasteiger partial charge in [-0.15, -0.1) is 12.4 Å². The first kappa shape index (κ1) is 18.8. The minimum Gasteiger partial charge on any atom is -0.354 e. The maximum atomic E-state index is 12.8. The lowest BCUT2D eigenvalue weighted by atomic mass is 9.64. The first-order valence-corrected chi connectivity index (χ1v) is 6.96. The lowest BCUT2D eigenvalue weighted by Gasteiger charge is -2.43. The average Bonchev–Trinajstić information content (AvgIpc) is 2.36. The maximum absolute atomic E-state index is 12.8. The number of rotatable bonds is 4. The van der Waals surface area contributed by atoms with Gasteiger partial charge in [0.05, 0.1) is 11.6 Å². The summed E-state index contributed by atoms with van der Waals surface area (Å²) in [7, 11) is 0. The fraction of sp³-hybridized carbons (Fsp3) is 0.533. The van der Waals surface area contributed by atoms with Crippen LogP contribution in [0.4, 0.5) is 13.2 Å². The molecule has 1 aromatic carbocycles. The third kappa shape index (κ3) is 3.93. The van der Waals surface area contributed by atoms with Gasteiger partial charge in [-0.1, -0.05) is 24.6 Å². The lowest BCUT2D eigenvalue weighted by Crippen LogP contribution is -2.49. The maximum Gasteiger partial charge on any atom is 0.416 e. The van der Waals surface area contributed by atoms with Gasteiger partial charge in [0.2, 0.25) is 5.91 Å². The first-order chi connectivity index (χ1) is 9.74. The molecule has 3 nitrogen and oxygen atoms in total. The highest BCUT2D eigenvalue weighted by Crippen LogP contribution is 2.44. The molecule has 0 aromatic heterocycles. The standard InChI is InChI=1S/C15H19F3N2O.ClH/c1-10(19)13(21)20-9-14(6-3-7-14)11-4-2-5-12(8-11)15(16,17)18;/h2,4-5,8,10H,3,6-7,9,19H2,1H3,(H,20,21);1H/t10-;/m0./s1. The molecule has 1 amide bonds. The molecule has 1 fully saturated rings. The fourth-order valence-corrected chi connectivity index (χ4v) is 2.61. The smallest absolute Gasteiger partial charge is 0.354 e. The highest BCUT2D eigenvalue weighted by molar-refractivity contribution is 5.85. The second-order valence-corrected chi connectivity index (χ2v) is 5.72. The van der Waals surface area contributed by atoms with Crippen LogP contribution in [0.15, 0.2) is 24.3 Å². The van der Waals surface area contributed by atoms with Gasteiger partial charge in [-0.25, -0.2) is 0 Å². The van der Waals surface area contributed by atoms with Crippen molar-refractivity contribution in [1.29, 1.82) is 0 Å². The van der Waals surface area contributed by atoms with Crippen molar-refractivity contribution >= 4 is 18.3 Å². The summed E-state index contributed by atoms with van der Waals surface area (Å²) in [4.78, 5) is 11.6. The van der Waals surface area contributed by atoms with Crippen molar-refractivity contribution in [3.63, 3.8) is 0 Å². The van der Waals surface area contributed by atoms with Crippen LogP contribution in [0, 0.1) is 0 Å². The zero-order valence-electron chi connectivity index (χ0n) is 12.2. The Labute approximate surface area is 133 Å². The van der Waals surface area contributed by atoms with E-state index in [-0.39, 0.29) is 18.3 Å². The molecule has 1 atom stereocenters. The quantitative estimate of drug-likeness (QED) is 0.888. The molecule has 1 saturated carbocycles. The lowest BCUT2D eigenvalue weighted by molar-refractivity contribution is -0.137. The summed E-state index contributed by atoms with van der Waals surface area (Å²) in [6.45, 7) is 1.90. The van der Waals surface area contributed by atoms with Gasteiger partial charge in [0.15, 0.2) is 0 Å². The van der Waals surface area contributed by atoms with Crippen molar-refractivity contribution in [2.45, 2.75) is 43.8 Å². The van der Waals surface area contributed by atoms with Gasteiger partial charge < -0.3 is 11.1 Å². The van der Waals surface area contributed by atoms with E-state index in [1.165, 1.54) is 12.1 Å². The Bertz CT molecular complexity index is 528. The molecule has 22 heavy (non-hydrogen) atoms. The van der Waals surface area contributed by atoms with Crippen molar-refractivity contribution in [1.82, 2.24) is 5.32 Å². The predicted octanol–water partition coefficient (Wildman–Crippen LogP) is 3.01. The van der Waals surface area contributed by atoms with Gasteiger partial charge >= 0.3 is 6.18 Å². The van der Waals surface area contributed by atoms with Gasteiger partial charge in [-0.2, -0.15) is 13.2 Å². The average molecular weight is 337 g/mol. The molecule has 0 saturated heterocycles. The molecule has 3 N–H and O–H groups in total. The van der Waals surface area contributed by atoms with Crippen molar-refractivity contribution in [2.24, 2.45) is 5.73 Å². The number of alkyl halides is 3. The predicted molar refractivity (Wildman–Crippen MR) is 80.9 cm³/mol. The van der Waals surface area contributed by atoms with Crippen LogP contribution in [-0.2, 0) is 16.4 Å². The first-order valence-electron chi connectivity index (χ1n) is 6.96. The van der Waals surface area contributed by atoms with Crippen LogP contribution in [0.5, 0.6) is 0 Å². The Hall–Kier alpha value is -1.27. The van der Waals surface area contributed by atoms with Crippen LogP contribution in [0.3, 0.4) is 0 Å². The van der Waals surface area contributed by atoms with Crippen LogP contribution in [0.25, 0.3) is 0 Å². The van der Waals surface area contributed by atoms with Gasteiger partial charge in [0.25, 0.3) is 0 Å². The van der Waals surface area contributed by atoms with Crippen LogP contribution in [0.1, 0.15) is 37.3 Å². The molecule has 124 valence electrons. The summed E-state index contributed by atoms with van der Waals surface area (Å²) < 4.78 is 38.4. The number of benzene rings is 1. The van der Waals surface area contributed by atoms with Crippen LogP contribution >= 0.6 is 12.4 Å². The number of nitrogens with two attached hydrogens (primary N) is 1. The highest BCUT2D eigenvalue weighted by atomic mass is 35.5. The van der Waals surface area contributed by atoms with Crippen LogP contribution in [0.2, 0.25) is 0 Å². The number of carbonyl (C=O) groups is 1. The number of amides is 1. The van der Waals surface area contributed by atoms with E-state index in [1.54, 1.807) is 13.0 Å². The zero-order valence-corrected chi connectivity index (χ0v) is 13.1. The number of hydrogen-bond donors (Lipinski definition) is 2. The largest absolute Gasteiger partial charge is 0.416 e. The second-order valence-electron chi connectivity index (χ2n) is 5.72. The topological polar surface area (TPSA) is 55.1 Å². The van der Waals surface area contributed by atoms with Crippen LogP contribution in [-0.4, -0.2) is 18.5 Å². The Morgan fingerprint density at radius 1 is 1.41 bits per heavy atom. The summed E-state index contributed by atoms with van der Waals surface area (Å²) >= 11 is 0. The second kappa shape index (κ2) is 6.87. The summed E-state index contributed by atoms with van der Waals surface area (Å²) in [6, 6.07) is 4.76. The summed E-state index contributed by atoms with van der Waals surface area (Å²) in [5.41, 5.74) is 5.07. The zero-order chi connectivity index (χ0) is 15.7. The normalized spacial score (nSPS) is 17.9. The Morgan fingerprint density at radius 3 is 2.50 bits per heavy atom. The van der Waals surface area contributed by atoms with E-state index < -0.39 is 23.2 Å². The molecule has 7 heteroatoms. The highest BCUT2D eigenvalue weighted by Gasteiger charge is 2.40. The molecule has 0 radical (unpaired) electrons. The summed E-state index contributed by atoms with van der Waals surface area (Å²) in [5.74, 6) is -0.284. The van der Waals surface area contributed by atoms with Crippen molar-refractivity contribution in [2.75, 3.05) is 6.54 Å². The summed E-state index contributed by atoms with van der Waals surface area (Å²) in [6.07, 6.45) is -1.86. The monoisotopic (exact) mass is 336 g/mol. The van der Waals surface area contributed by atoms with E-state index in [0.29, 0.717) is 12.1 Å². The van der Waals surface area contributed by atoms with E-state index in [0.717, 1.165) is 25.3 Å². The molecule has 1 aliphatic rings. The van der Waals surface area contributed by atoms with E-state index in [2.05, 4.69) is 5.32 Å². The Morgan fingerprint density at radius 2 is 2.05 bits per heavy atom. The van der Waals surface area contributed by atoms with Gasteiger partial charge in [-0.05, 0) is 31.4 Å². The van der Waals surface area contributed by atoms with E-state index >= 15 is 0 Å². The van der Waals surface area contributed by atoms with Gasteiger partial charge in [0, 0.05) is 12.0 Å².